The number of nitrogens with two attached hydrogens (primary N) is 1. The predicted octanol–water partition coefficient (Wildman–Crippen LogP) is 1.33. The van der Waals surface area contributed by atoms with E-state index < -0.39 is 17.6 Å². The summed E-state index contributed by atoms with van der Waals surface area (Å²) in [5, 5.41) is 9.13. The van der Waals surface area contributed by atoms with E-state index in [4.69, 9.17) is 10.8 Å². The summed E-state index contributed by atoms with van der Waals surface area (Å²) in [7, 11) is 0. The van der Waals surface area contributed by atoms with E-state index in [-0.39, 0.29) is 6.54 Å². The lowest BCUT2D eigenvalue weighted by molar-refractivity contribution is -0.146. The third kappa shape index (κ3) is 1.85. The molecule has 3 N–H and O–H groups in total. The molecular weight excluding hydrogens is 197 g/mol. The molecule has 0 aliphatic heterocycles. The number of aliphatic carboxylic acids is 1. The van der Waals surface area contributed by atoms with Crippen LogP contribution in [0, 0.1) is 0 Å². The molecule has 0 saturated carbocycles. The Bertz CT molecular complexity index is 340. The number of carbonyl (C=O) groups is 1. The van der Waals surface area contributed by atoms with Gasteiger partial charge in [-0.1, -0.05) is 30.3 Å². The van der Waals surface area contributed by atoms with Crippen LogP contribution in [-0.4, -0.2) is 23.8 Å². The van der Waals surface area contributed by atoms with Crippen LogP contribution in [0.2, 0.25) is 0 Å². The summed E-state index contributed by atoms with van der Waals surface area (Å²) >= 11 is 0. The first-order valence-electron chi connectivity index (χ1n) is 4.68. The number of carboxylic acid groups (broad SMARTS) is 1. The fourth-order valence-electron chi connectivity index (χ4n) is 1.63. The molecule has 4 heteroatoms. The Morgan fingerprint density at radius 3 is 2.40 bits per heavy atom. The van der Waals surface area contributed by atoms with Crippen molar-refractivity contribution in [1.82, 2.24) is 0 Å². The molecule has 0 heterocycles. The Kier molecular flexibility index (Phi) is 3.42. The van der Waals surface area contributed by atoms with Crippen molar-refractivity contribution < 1.29 is 14.3 Å². The van der Waals surface area contributed by atoms with Crippen LogP contribution >= 0.6 is 0 Å². The van der Waals surface area contributed by atoms with Crippen LogP contribution in [-0.2, 0) is 10.2 Å². The molecule has 0 spiro atoms. The maximum Gasteiger partial charge on any atom is 0.318 e. The van der Waals surface area contributed by atoms with Crippen molar-refractivity contribution in [3.63, 3.8) is 0 Å². The van der Waals surface area contributed by atoms with Gasteiger partial charge in [-0.15, -0.1) is 0 Å². The van der Waals surface area contributed by atoms with E-state index in [1.165, 1.54) is 6.92 Å². The number of rotatable bonds is 4. The molecule has 3 nitrogen and oxygen atoms in total. The fourth-order valence-corrected chi connectivity index (χ4v) is 1.63. The lowest BCUT2D eigenvalue weighted by Crippen LogP contribution is -2.49. The number of hydrogen-bond acceptors (Lipinski definition) is 2. The highest BCUT2D eigenvalue weighted by atomic mass is 19.1. The highest BCUT2D eigenvalue weighted by molar-refractivity contribution is 5.82. The summed E-state index contributed by atoms with van der Waals surface area (Å²) in [5.41, 5.74) is 4.18. The summed E-state index contributed by atoms with van der Waals surface area (Å²) in [6.07, 6.45) is -1.54. The van der Waals surface area contributed by atoms with E-state index in [0.29, 0.717) is 5.56 Å². The van der Waals surface area contributed by atoms with Crippen LogP contribution in [0.25, 0.3) is 0 Å². The van der Waals surface area contributed by atoms with Crippen LogP contribution < -0.4 is 5.73 Å². The van der Waals surface area contributed by atoms with E-state index >= 15 is 0 Å². The van der Waals surface area contributed by atoms with E-state index in [9.17, 15) is 9.18 Å². The molecular formula is C11H14FNO2. The monoisotopic (exact) mass is 211 g/mol. The zero-order valence-electron chi connectivity index (χ0n) is 8.48. The SMILES string of the molecule is CC(F)C(CN)(C(=O)O)c1ccccc1. The molecule has 0 saturated heterocycles. The van der Waals surface area contributed by atoms with Crippen LogP contribution in [0.5, 0.6) is 0 Å². The second kappa shape index (κ2) is 4.40. The third-order valence-electron chi connectivity index (χ3n) is 2.67. The molecule has 0 aliphatic rings. The first kappa shape index (κ1) is 11.7. The maximum atomic E-state index is 13.5. The van der Waals surface area contributed by atoms with E-state index in [1.807, 2.05) is 0 Å². The van der Waals surface area contributed by atoms with Crippen molar-refractivity contribution in [2.75, 3.05) is 6.54 Å². The largest absolute Gasteiger partial charge is 0.480 e. The molecule has 0 aliphatic carbocycles. The van der Waals surface area contributed by atoms with Gasteiger partial charge >= 0.3 is 5.97 Å². The van der Waals surface area contributed by atoms with Crippen molar-refractivity contribution in [3.8, 4) is 0 Å². The third-order valence-corrected chi connectivity index (χ3v) is 2.67. The lowest BCUT2D eigenvalue weighted by atomic mass is 9.77. The van der Waals surface area contributed by atoms with Gasteiger partial charge in [-0.25, -0.2) is 4.39 Å². The second-order valence-electron chi connectivity index (χ2n) is 3.46. The van der Waals surface area contributed by atoms with Gasteiger partial charge in [0.2, 0.25) is 0 Å². The number of carboxylic acids is 1. The molecule has 2 unspecified atom stereocenters. The molecule has 0 aromatic heterocycles. The topological polar surface area (TPSA) is 63.3 Å². The number of alkyl halides is 1. The molecule has 1 rings (SSSR count). The van der Waals surface area contributed by atoms with Gasteiger partial charge < -0.3 is 10.8 Å². The molecule has 82 valence electrons. The fraction of sp³-hybridized carbons (Fsp3) is 0.364. The Morgan fingerprint density at radius 2 is 2.07 bits per heavy atom. The maximum absolute atomic E-state index is 13.5. The van der Waals surface area contributed by atoms with Crippen molar-refractivity contribution in [3.05, 3.63) is 35.9 Å². The van der Waals surface area contributed by atoms with Crippen molar-refractivity contribution in [2.45, 2.75) is 18.5 Å². The molecule has 0 radical (unpaired) electrons. The summed E-state index contributed by atoms with van der Waals surface area (Å²) in [5.74, 6) is -1.23. The molecule has 1 aromatic rings. The summed E-state index contributed by atoms with van der Waals surface area (Å²) < 4.78 is 13.5. The van der Waals surface area contributed by atoms with Gasteiger partial charge in [0.15, 0.2) is 0 Å². The quantitative estimate of drug-likeness (QED) is 0.789. The second-order valence-corrected chi connectivity index (χ2v) is 3.46. The smallest absolute Gasteiger partial charge is 0.318 e. The van der Waals surface area contributed by atoms with Crippen LogP contribution in [0.4, 0.5) is 4.39 Å². The zero-order valence-corrected chi connectivity index (χ0v) is 8.48. The Labute approximate surface area is 87.7 Å². The van der Waals surface area contributed by atoms with Gasteiger partial charge in [0.1, 0.15) is 11.6 Å². The predicted molar refractivity (Wildman–Crippen MR) is 55.4 cm³/mol. The molecule has 0 bridgehead atoms. The average Bonchev–Trinajstić information content (AvgIpc) is 2.20. The van der Waals surface area contributed by atoms with E-state index in [2.05, 4.69) is 0 Å². The summed E-state index contributed by atoms with van der Waals surface area (Å²) in [4.78, 5) is 11.2. The van der Waals surface area contributed by atoms with E-state index in [1.54, 1.807) is 30.3 Å². The van der Waals surface area contributed by atoms with Gasteiger partial charge in [0.05, 0.1) is 0 Å². The number of halogens is 1. The van der Waals surface area contributed by atoms with Gasteiger partial charge in [-0.3, -0.25) is 4.79 Å². The number of benzene rings is 1. The first-order chi connectivity index (χ1) is 7.05. The average molecular weight is 211 g/mol. The minimum absolute atomic E-state index is 0.260. The van der Waals surface area contributed by atoms with Crippen molar-refractivity contribution in [2.24, 2.45) is 5.73 Å². The Morgan fingerprint density at radius 1 is 1.53 bits per heavy atom. The van der Waals surface area contributed by atoms with Crippen molar-refractivity contribution in [1.29, 1.82) is 0 Å². The molecule has 15 heavy (non-hydrogen) atoms. The highest BCUT2D eigenvalue weighted by Crippen LogP contribution is 2.29. The minimum Gasteiger partial charge on any atom is -0.480 e. The van der Waals surface area contributed by atoms with Crippen molar-refractivity contribution >= 4 is 5.97 Å². The van der Waals surface area contributed by atoms with Crippen LogP contribution in [0.1, 0.15) is 12.5 Å². The van der Waals surface area contributed by atoms with Gasteiger partial charge in [0, 0.05) is 6.54 Å². The van der Waals surface area contributed by atoms with Gasteiger partial charge in [0.25, 0.3) is 0 Å². The summed E-state index contributed by atoms with van der Waals surface area (Å²) in [6, 6.07) is 8.25. The molecule has 2 atom stereocenters. The van der Waals surface area contributed by atoms with Gasteiger partial charge in [-0.05, 0) is 12.5 Å². The van der Waals surface area contributed by atoms with Gasteiger partial charge in [-0.2, -0.15) is 0 Å². The Hall–Kier alpha value is -1.42. The minimum atomic E-state index is -1.64. The molecule has 0 fully saturated rings. The van der Waals surface area contributed by atoms with E-state index in [0.717, 1.165) is 0 Å². The molecule has 0 amide bonds. The van der Waals surface area contributed by atoms with Crippen LogP contribution in [0.15, 0.2) is 30.3 Å². The molecule has 1 aromatic carbocycles. The summed E-state index contributed by atoms with van der Waals surface area (Å²) in [6.45, 7) is 0.956. The first-order valence-corrected chi connectivity index (χ1v) is 4.68. The normalized spacial score (nSPS) is 16.7. The highest BCUT2D eigenvalue weighted by Gasteiger charge is 2.44. The standard InChI is InChI=1S/C11H14FNO2/c1-8(12)11(7-13,10(14)15)9-5-3-2-4-6-9/h2-6,8H,7,13H2,1H3,(H,14,15). The number of hydrogen-bond donors (Lipinski definition) is 2. The Balaban J connectivity index is 3.28. The lowest BCUT2D eigenvalue weighted by Gasteiger charge is -2.29. The zero-order chi connectivity index (χ0) is 11.5. The van der Waals surface area contributed by atoms with Crippen LogP contribution in [0.3, 0.4) is 0 Å².